The molecule has 8 heteroatoms. The van der Waals surface area contributed by atoms with Gasteiger partial charge < -0.3 is 15.1 Å². The zero-order valence-electron chi connectivity index (χ0n) is 19.3. The first-order chi connectivity index (χ1) is 15.3. The fourth-order valence-corrected chi connectivity index (χ4v) is 4.50. The summed E-state index contributed by atoms with van der Waals surface area (Å²) in [6.45, 7) is 9.14. The number of oxime groups is 1. The van der Waals surface area contributed by atoms with Crippen LogP contribution in [0.25, 0.3) is 0 Å². The molecule has 2 aromatic heterocycles. The number of nitrogens with zero attached hydrogens (tertiary/aromatic N) is 3. The number of piperidine rings is 1. The van der Waals surface area contributed by atoms with Crippen molar-refractivity contribution in [2.75, 3.05) is 19.6 Å². The highest BCUT2D eigenvalue weighted by atomic mass is 32.1. The summed E-state index contributed by atoms with van der Waals surface area (Å²) in [4.78, 5) is 38.6. The lowest BCUT2D eigenvalue weighted by atomic mass is 9.89. The Morgan fingerprint density at radius 3 is 2.69 bits per heavy atom. The van der Waals surface area contributed by atoms with E-state index in [-0.39, 0.29) is 17.7 Å². The van der Waals surface area contributed by atoms with E-state index < -0.39 is 6.10 Å². The molecule has 0 spiro atoms. The maximum Gasteiger partial charge on any atom is 0.266 e. The molecule has 32 heavy (non-hydrogen) atoms. The van der Waals surface area contributed by atoms with Crippen LogP contribution in [0.4, 0.5) is 0 Å². The average Bonchev–Trinajstić information content (AvgIpc) is 3.30. The molecule has 2 aromatic rings. The summed E-state index contributed by atoms with van der Waals surface area (Å²) >= 11 is 1.70. The number of hydrogen-bond donors (Lipinski definition) is 1. The van der Waals surface area contributed by atoms with Gasteiger partial charge in [-0.3, -0.25) is 14.6 Å². The van der Waals surface area contributed by atoms with E-state index in [4.69, 9.17) is 9.82 Å². The van der Waals surface area contributed by atoms with E-state index in [0.717, 1.165) is 36.4 Å². The van der Waals surface area contributed by atoms with Crippen LogP contribution in [0.1, 0.15) is 66.2 Å². The van der Waals surface area contributed by atoms with E-state index in [1.54, 1.807) is 18.3 Å². The fourth-order valence-electron chi connectivity index (χ4n) is 3.79. The molecule has 3 heterocycles. The molecule has 0 saturated carbocycles. The van der Waals surface area contributed by atoms with Crippen LogP contribution < -0.4 is 5.32 Å². The quantitative estimate of drug-likeness (QED) is 0.482. The smallest absolute Gasteiger partial charge is 0.266 e. The van der Waals surface area contributed by atoms with Crippen molar-refractivity contribution in [1.29, 1.82) is 0 Å². The van der Waals surface area contributed by atoms with E-state index >= 15 is 0 Å². The molecule has 1 N–H and O–H groups in total. The van der Waals surface area contributed by atoms with Crippen molar-refractivity contribution in [3.05, 3.63) is 51.5 Å². The minimum Gasteiger partial charge on any atom is -0.383 e. The Balaban J connectivity index is 1.60. The average molecular weight is 457 g/mol. The van der Waals surface area contributed by atoms with Crippen LogP contribution in [0.2, 0.25) is 0 Å². The highest BCUT2D eigenvalue weighted by Gasteiger charge is 2.30. The van der Waals surface area contributed by atoms with Crippen LogP contribution in [0.5, 0.6) is 0 Å². The van der Waals surface area contributed by atoms with Crippen LogP contribution in [-0.2, 0) is 16.1 Å². The van der Waals surface area contributed by atoms with Gasteiger partial charge in [-0.25, -0.2) is 0 Å². The summed E-state index contributed by atoms with van der Waals surface area (Å²) in [5.41, 5.74) is 3.13. The Bertz CT molecular complexity index is 946. The second-order valence-corrected chi connectivity index (χ2v) is 9.39. The van der Waals surface area contributed by atoms with Crippen molar-refractivity contribution in [1.82, 2.24) is 15.2 Å². The Kier molecular flexibility index (Phi) is 8.39. The minimum atomic E-state index is -0.608. The number of carbonyl (C=O) groups is 2. The van der Waals surface area contributed by atoms with Crippen LogP contribution >= 0.6 is 11.3 Å². The lowest BCUT2D eigenvalue weighted by Crippen LogP contribution is -2.43. The minimum absolute atomic E-state index is 0.0582. The largest absolute Gasteiger partial charge is 0.383 e. The second kappa shape index (κ2) is 11.2. The molecular formula is C24H32N4O3S. The maximum atomic E-state index is 12.9. The topological polar surface area (TPSA) is 83.9 Å². The number of aromatic nitrogens is 1. The SMILES string of the molecule is CC(C)=NOC(C)C(=O)N1CCC(c2nc(C)ccc2C(=O)NCCc2cccs2)CC1. The molecule has 3 rings (SSSR count). The number of rotatable bonds is 8. The van der Waals surface area contributed by atoms with Gasteiger partial charge in [-0.2, -0.15) is 0 Å². The second-order valence-electron chi connectivity index (χ2n) is 8.36. The Labute approximate surface area is 193 Å². The van der Waals surface area contributed by atoms with Gasteiger partial charge in [0, 0.05) is 36.1 Å². The molecule has 0 bridgehead atoms. The van der Waals surface area contributed by atoms with Gasteiger partial charge in [-0.1, -0.05) is 11.2 Å². The Morgan fingerprint density at radius 1 is 1.28 bits per heavy atom. The zero-order valence-corrected chi connectivity index (χ0v) is 20.1. The molecule has 0 radical (unpaired) electrons. The predicted octanol–water partition coefficient (Wildman–Crippen LogP) is 3.93. The molecule has 7 nitrogen and oxygen atoms in total. The molecule has 1 fully saturated rings. The van der Waals surface area contributed by atoms with Crippen molar-refractivity contribution >= 4 is 28.9 Å². The van der Waals surface area contributed by atoms with Crippen molar-refractivity contribution in [3.63, 3.8) is 0 Å². The van der Waals surface area contributed by atoms with Gasteiger partial charge in [-0.05, 0) is 70.5 Å². The number of nitrogens with one attached hydrogen (secondary N) is 1. The molecule has 1 saturated heterocycles. The van der Waals surface area contributed by atoms with Gasteiger partial charge in [0.25, 0.3) is 11.8 Å². The highest BCUT2D eigenvalue weighted by Crippen LogP contribution is 2.30. The van der Waals surface area contributed by atoms with Gasteiger partial charge in [0.05, 0.1) is 17.0 Å². The van der Waals surface area contributed by atoms with Crippen LogP contribution in [-0.4, -0.2) is 53.1 Å². The lowest BCUT2D eigenvalue weighted by Gasteiger charge is -2.33. The third-order valence-electron chi connectivity index (χ3n) is 5.48. The summed E-state index contributed by atoms with van der Waals surface area (Å²) in [5.74, 6) is -0.00120. The summed E-state index contributed by atoms with van der Waals surface area (Å²) in [6.07, 6.45) is 1.74. The molecule has 1 aliphatic rings. The first kappa shape index (κ1) is 23.9. The number of hydrogen-bond acceptors (Lipinski definition) is 6. The molecule has 2 amide bonds. The Morgan fingerprint density at radius 2 is 2.03 bits per heavy atom. The monoisotopic (exact) mass is 456 g/mol. The van der Waals surface area contributed by atoms with Crippen LogP contribution in [0.15, 0.2) is 34.8 Å². The number of likely N-dealkylation sites (tertiary alicyclic amines) is 1. The molecule has 0 aromatic carbocycles. The molecule has 1 atom stereocenters. The lowest BCUT2D eigenvalue weighted by molar-refractivity contribution is -0.143. The van der Waals surface area contributed by atoms with Crippen LogP contribution in [0.3, 0.4) is 0 Å². The van der Waals surface area contributed by atoms with E-state index in [9.17, 15) is 9.59 Å². The molecular weight excluding hydrogens is 424 g/mol. The van der Waals surface area contributed by atoms with Crippen molar-refractivity contribution < 1.29 is 14.4 Å². The van der Waals surface area contributed by atoms with Crippen LogP contribution in [0, 0.1) is 6.92 Å². The van der Waals surface area contributed by atoms with E-state index in [1.807, 2.05) is 49.3 Å². The van der Waals surface area contributed by atoms with Gasteiger partial charge in [0.2, 0.25) is 6.10 Å². The van der Waals surface area contributed by atoms with Crippen molar-refractivity contribution in [3.8, 4) is 0 Å². The summed E-state index contributed by atoms with van der Waals surface area (Å²) in [6, 6.07) is 7.85. The zero-order chi connectivity index (χ0) is 23.1. The van der Waals surface area contributed by atoms with Crippen molar-refractivity contribution in [2.45, 2.75) is 59.0 Å². The van der Waals surface area contributed by atoms with Gasteiger partial charge in [0.1, 0.15) is 0 Å². The molecule has 1 aliphatic heterocycles. The van der Waals surface area contributed by atoms with E-state index in [0.29, 0.717) is 25.2 Å². The van der Waals surface area contributed by atoms with Gasteiger partial charge in [-0.15, -0.1) is 11.3 Å². The molecule has 172 valence electrons. The first-order valence-corrected chi connectivity index (χ1v) is 12.0. The summed E-state index contributed by atoms with van der Waals surface area (Å²) in [7, 11) is 0. The van der Waals surface area contributed by atoms with E-state index in [1.165, 1.54) is 4.88 Å². The highest BCUT2D eigenvalue weighted by molar-refractivity contribution is 7.09. The molecule has 1 unspecified atom stereocenters. The van der Waals surface area contributed by atoms with Gasteiger partial charge >= 0.3 is 0 Å². The first-order valence-electron chi connectivity index (χ1n) is 11.1. The normalized spacial score (nSPS) is 15.2. The Hall–Kier alpha value is -2.74. The number of thiophene rings is 1. The number of amides is 2. The predicted molar refractivity (Wildman–Crippen MR) is 127 cm³/mol. The number of carbonyl (C=O) groups excluding carboxylic acids is 2. The number of aryl methyl sites for hydroxylation is 1. The summed E-state index contributed by atoms with van der Waals surface area (Å²) < 4.78 is 0. The van der Waals surface area contributed by atoms with Gasteiger partial charge in [0.15, 0.2) is 0 Å². The number of pyridine rings is 1. The third kappa shape index (κ3) is 6.38. The van der Waals surface area contributed by atoms with Crippen molar-refractivity contribution in [2.24, 2.45) is 5.16 Å². The van der Waals surface area contributed by atoms with E-state index in [2.05, 4.69) is 16.5 Å². The summed E-state index contributed by atoms with van der Waals surface area (Å²) in [5, 5.41) is 8.98. The standard InChI is InChI=1S/C24H32N4O3S/c1-16(2)27-31-18(4)24(30)28-13-10-19(11-14-28)22-21(8-7-17(3)26-22)23(29)25-12-9-20-6-5-15-32-20/h5-8,15,18-19H,9-14H2,1-4H3,(H,25,29). The maximum absolute atomic E-state index is 12.9. The molecule has 0 aliphatic carbocycles. The fraction of sp³-hybridized carbons (Fsp3) is 0.500. The third-order valence-corrected chi connectivity index (χ3v) is 6.42.